The minimum Gasteiger partial charge on any atom is -0.293 e. The summed E-state index contributed by atoms with van der Waals surface area (Å²) in [6.07, 6.45) is 0. The Morgan fingerprint density at radius 1 is 1.06 bits per heavy atom. The van der Waals surface area contributed by atoms with Crippen LogP contribution in [0.3, 0.4) is 0 Å². The lowest BCUT2D eigenvalue weighted by atomic mass is 9.91. The molecule has 16 heavy (non-hydrogen) atoms. The topological polar surface area (TPSA) is 3.24 Å². The van der Waals surface area contributed by atoms with Crippen molar-refractivity contribution in [3.8, 4) is 0 Å². The molecule has 0 amide bonds. The van der Waals surface area contributed by atoms with Gasteiger partial charge in [0.15, 0.2) is 0 Å². The second kappa shape index (κ2) is 4.80. The minimum atomic E-state index is 0.175. The van der Waals surface area contributed by atoms with E-state index in [0.717, 1.165) is 0 Å². The van der Waals surface area contributed by atoms with Gasteiger partial charge in [-0.25, -0.2) is 0 Å². The molecule has 1 aliphatic heterocycles. The Balaban J connectivity index is 2.19. The first-order valence-electron chi connectivity index (χ1n) is 6.00. The summed E-state index contributed by atoms with van der Waals surface area (Å²) in [5, 5.41) is 0. The van der Waals surface area contributed by atoms with Gasteiger partial charge in [-0.3, -0.25) is 4.90 Å². The Kier molecular flexibility index (Phi) is 3.60. The Morgan fingerprint density at radius 3 is 2.19 bits per heavy atom. The maximum absolute atomic E-state index is 2.61. The Morgan fingerprint density at radius 2 is 1.62 bits per heavy atom. The number of hydrogen-bond acceptors (Lipinski definition) is 2. The van der Waals surface area contributed by atoms with Gasteiger partial charge in [0, 0.05) is 30.1 Å². The average molecular weight is 235 g/mol. The standard InChI is InChI=1S/C14H21NS/c1-12-4-6-13(7-5-12)14(2,3)15-8-10-16-11-9-15/h4-7H,8-11H2,1-3H3. The van der Waals surface area contributed by atoms with E-state index in [4.69, 9.17) is 0 Å². The molecular weight excluding hydrogens is 214 g/mol. The van der Waals surface area contributed by atoms with Gasteiger partial charge in [0.1, 0.15) is 0 Å². The molecule has 0 atom stereocenters. The van der Waals surface area contributed by atoms with Crippen molar-refractivity contribution in [2.24, 2.45) is 0 Å². The third-order valence-electron chi connectivity index (χ3n) is 3.56. The van der Waals surface area contributed by atoms with Gasteiger partial charge in [0.05, 0.1) is 0 Å². The SMILES string of the molecule is Cc1ccc(C(C)(C)N2CCSCC2)cc1. The fourth-order valence-corrected chi connectivity index (χ4v) is 3.17. The van der Waals surface area contributed by atoms with Crippen LogP contribution in [0.5, 0.6) is 0 Å². The zero-order chi connectivity index (χ0) is 11.6. The van der Waals surface area contributed by atoms with E-state index in [2.05, 4.69) is 61.7 Å². The largest absolute Gasteiger partial charge is 0.293 e. The second-order valence-electron chi connectivity index (χ2n) is 5.02. The van der Waals surface area contributed by atoms with E-state index in [1.54, 1.807) is 0 Å². The molecule has 1 nitrogen and oxygen atoms in total. The molecule has 0 unspecified atom stereocenters. The molecule has 1 heterocycles. The van der Waals surface area contributed by atoms with E-state index in [1.165, 1.54) is 35.7 Å². The summed E-state index contributed by atoms with van der Waals surface area (Å²) >= 11 is 2.07. The smallest absolute Gasteiger partial charge is 0.0405 e. The van der Waals surface area contributed by atoms with E-state index in [0.29, 0.717) is 0 Å². The highest BCUT2D eigenvalue weighted by Gasteiger charge is 2.29. The maximum Gasteiger partial charge on any atom is 0.0405 e. The summed E-state index contributed by atoms with van der Waals surface area (Å²) in [6, 6.07) is 8.99. The number of thioether (sulfide) groups is 1. The van der Waals surface area contributed by atoms with Gasteiger partial charge in [-0.2, -0.15) is 11.8 Å². The molecule has 0 spiro atoms. The lowest BCUT2D eigenvalue weighted by Crippen LogP contribution is -2.46. The first kappa shape index (κ1) is 12.0. The molecule has 0 saturated carbocycles. The zero-order valence-electron chi connectivity index (χ0n) is 10.5. The summed E-state index contributed by atoms with van der Waals surface area (Å²) < 4.78 is 0. The van der Waals surface area contributed by atoms with Crippen molar-refractivity contribution >= 4 is 11.8 Å². The third kappa shape index (κ3) is 2.44. The van der Waals surface area contributed by atoms with Gasteiger partial charge in [0.2, 0.25) is 0 Å². The lowest BCUT2D eigenvalue weighted by molar-refractivity contribution is 0.134. The highest BCUT2D eigenvalue weighted by molar-refractivity contribution is 7.99. The molecule has 1 aromatic carbocycles. The van der Waals surface area contributed by atoms with E-state index < -0.39 is 0 Å². The number of nitrogens with zero attached hydrogens (tertiary/aromatic N) is 1. The van der Waals surface area contributed by atoms with Crippen LogP contribution >= 0.6 is 11.8 Å². The Hall–Kier alpha value is -0.470. The molecule has 2 heteroatoms. The molecule has 88 valence electrons. The molecule has 0 aliphatic carbocycles. The highest BCUT2D eigenvalue weighted by atomic mass is 32.2. The van der Waals surface area contributed by atoms with Gasteiger partial charge in [-0.1, -0.05) is 29.8 Å². The van der Waals surface area contributed by atoms with Crippen molar-refractivity contribution in [2.45, 2.75) is 26.3 Å². The first-order valence-corrected chi connectivity index (χ1v) is 7.16. The van der Waals surface area contributed by atoms with Crippen LogP contribution in [0.25, 0.3) is 0 Å². The molecule has 0 radical (unpaired) electrons. The molecule has 0 aromatic heterocycles. The number of benzene rings is 1. The van der Waals surface area contributed by atoms with Gasteiger partial charge < -0.3 is 0 Å². The lowest BCUT2D eigenvalue weighted by Gasteiger charge is -2.41. The molecule has 1 aromatic rings. The van der Waals surface area contributed by atoms with Crippen molar-refractivity contribution in [1.82, 2.24) is 4.90 Å². The fourth-order valence-electron chi connectivity index (χ4n) is 2.27. The van der Waals surface area contributed by atoms with Crippen LogP contribution < -0.4 is 0 Å². The monoisotopic (exact) mass is 235 g/mol. The summed E-state index contributed by atoms with van der Waals surface area (Å²) in [4.78, 5) is 2.61. The maximum atomic E-state index is 2.61. The van der Waals surface area contributed by atoms with Crippen LogP contribution in [0.2, 0.25) is 0 Å². The summed E-state index contributed by atoms with van der Waals surface area (Å²) in [6.45, 7) is 9.26. The zero-order valence-corrected chi connectivity index (χ0v) is 11.3. The molecule has 1 fully saturated rings. The first-order chi connectivity index (χ1) is 7.60. The normalized spacial score (nSPS) is 18.7. The van der Waals surface area contributed by atoms with Crippen LogP contribution in [-0.4, -0.2) is 29.5 Å². The third-order valence-corrected chi connectivity index (χ3v) is 4.50. The summed E-state index contributed by atoms with van der Waals surface area (Å²) in [5.41, 5.74) is 2.95. The Bertz CT molecular complexity index is 336. The van der Waals surface area contributed by atoms with E-state index in [1.807, 2.05) is 0 Å². The Labute approximate surface area is 103 Å². The summed E-state index contributed by atoms with van der Waals surface area (Å²) in [7, 11) is 0. The average Bonchev–Trinajstić information content (AvgIpc) is 2.31. The van der Waals surface area contributed by atoms with Gasteiger partial charge in [-0.15, -0.1) is 0 Å². The highest BCUT2D eigenvalue weighted by Crippen LogP contribution is 2.30. The quantitative estimate of drug-likeness (QED) is 0.774. The molecular formula is C14H21NS. The van der Waals surface area contributed by atoms with E-state index in [-0.39, 0.29) is 5.54 Å². The van der Waals surface area contributed by atoms with Crippen LogP contribution in [0, 0.1) is 6.92 Å². The van der Waals surface area contributed by atoms with Gasteiger partial charge in [-0.05, 0) is 26.3 Å². The van der Waals surface area contributed by atoms with Crippen molar-refractivity contribution in [1.29, 1.82) is 0 Å². The molecule has 1 saturated heterocycles. The minimum absolute atomic E-state index is 0.175. The van der Waals surface area contributed by atoms with Crippen molar-refractivity contribution < 1.29 is 0 Å². The predicted octanol–water partition coefficient (Wildman–Crippen LogP) is 3.28. The predicted molar refractivity (Wildman–Crippen MR) is 73.1 cm³/mol. The van der Waals surface area contributed by atoms with Crippen LogP contribution in [-0.2, 0) is 5.54 Å². The van der Waals surface area contributed by atoms with Gasteiger partial charge in [0.25, 0.3) is 0 Å². The van der Waals surface area contributed by atoms with Crippen molar-refractivity contribution in [3.63, 3.8) is 0 Å². The molecule has 2 rings (SSSR count). The van der Waals surface area contributed by atoms with Gasteiger partial charge >= 0.3 is 0 Å². The molecule has 1 aliphatic rings. The summed E-state index contributed by atoms with van der Waals surface area (Å²) in [5.74, 6) is 2.55. The van der Waals surface area contributed by atoms with Crippen molar-refractivity contribution in [2.75, 3.05) is 24.6 Å². The van der Waals surface area contributed by atoms with E-state index >= 15 is 0 Å². The second-order valence-corrected chi connectivity index (χ2v) is 6.25. The number of rotatable bonds is 2. The molecule has 0 N–H and O–H groups in total. The van der Waals surface area contributed by atoms with Crippen molar-refractivity contribution in [3.05, 3.63) is 35.4 Å². The van der Waals surface area contributed by atoms with Crippen LogP contribution in [0.4, 0.5) is 0 Å². The molecule has 0 bridgehead atoms. The van der Waals surface area contributed by atoms with E-state index in [9.17, 15) is 0 Å². The fraction of sp³-hybridized carbons (Fsp3) is 0.571. The van der Waals surface area contributed by atoms with Crippen LogP contribution in [0.1, 0.15) is 25.0 Å². The van der Waals surface area contributed by atoms with Crippen LogP contribution in [0.15, 0.2) is 24.3 Å². The number of hydrogen-bond donors (Lipinski definition) is 0. The number of aryl methyl sites for hydroxylation is 1.